The summed E-state index contributed by atoms with van der Waals surface area (Å²) in [5.74, 6) is -0.556. The monoisotopic (exact) mass is 371 g/mol. The number of Topliss-reactive ketones (excluding diaryl/α,β-unsaturated/α-hetero) is 1. The summed E-state index contributed by atoms with van der Waals surface area (Å²) in [5, 5.41) is 0. The van der Waals surface area contributed by atoms with Gasteiger partial charge in [-0.2, -0.15) is 0 Å². The summed E-state index contributed by atoms with van der Waals surface area (Å²) >= 11 is 0. The number of amides is 2. The number of hydrogen-bond acceptors (Lipinski definition) is 5. The molecule has 142 valence electrons. The van der Waals surface area contributed by atoms with Gasteiger partial charge in [0.2, 0.25) is 5.91 Å². The largest absolute Gasteiger partial charge is 0.494 e. The normalized spacial score (nSPS) is 10.1. The minimum absolute atomic E-state index is 0.00777. The van der Waals surface area contributed by atoms with E-state index >= 15 is 0 Å². The molecule has 0 fully saturated rings. The van der Waals surface area contributed by atoms with Gasteiger partial charge in [0.15, 0.2) is 5.78 Å². The Balaban J connectivity index is 1.73. The molecule has 2 amide bonds. The van der Waals surface area contributed by atoms with Gasteiger partial charge in [0.1, 0.15) is 12.3 Å². The SMILES string of the molecule is CCOc1ccc(C(=O)CCC(=O)NNC(=O)Cn2ccccc2=O)cc1. The highest BCUT2D eigenvalue weighted by atomic mass is 16.5. The molecule has 0 aliphatic carbocycles. The van der Waals surface area contributed by atoms with E-state index in [9.17, 15) is 19.2 Å². The minimum Gasteiger partial charge on any atom is -0.494 e. The molecule has 0 radical (unpaired) electrons. The van der Waals surface area contributed by atoms with Crippen molar-refractivity contribution in [1.29, 1.82) is 0 Å². The zero-order chi connectivity index (χ0) is 19.6. The summed E-state index contributed by atoms with van der Waals surface area (Å²) < 4.78 is 6.51. The standard InChI is InChI=1S/C19H21N3O5/c1-2-27-15-8-6-14(7-9-15)16(23)10-11-17(24)20-21-18(25)13-22-12-4-3-5-19(22)26/h3-9,12H,2,10-11,13H2,1H3,(H,20,24)(H,21,25). The third-order valence-electron chi connectivity index (χ3n) is 3.62. The van der Waals surface area contributed by atoms with E-state index < -0.39 is 11.8 Å². The van der Waals surface area contributed by atoms with Crippen LogP contribution in [-0.4, -0.2) is 28.8 Å². The van der Waals surface area contributed by atoms with Gasteiger partial charge in [0, 0.05) is 30.7 Å². The molecule has 0 aliphatic rings. The molecule has 0 saturated heterocycles. The van der Waals surface area contributed by atoms with Gasteiger partial charge >= 0.3 is 0 Å². The Labute approximate surface area is 156 Å². The Hall–Kier alpha value is -3.42. The number of carbonyl (C=O) groups excluding carboxylic acids is 3. The van der Waals surface area contributed by atoms with Gasteiger partial charge in [-0.1, -0.05) is 6.07 Å². The first kappa shape index (κ1) is 19.9. The number of hydrazine groups is 1. The van der Waals surface area contributed by atoms with Crippen molar-refractivity contribution in [3.05, 3.63) is 64.6 Å². The van der Waals surface area contributed by atoms with E-state index in [4.69, 9.17) is 4.74 Å². The molecular formula is C19H21N3O5. The molecule has 2 N–H and O–H groups in total. The van der Waals surface area contributed by atoms with Crippen LogP contribution in [0.15, 0.2) is 53.5 Å². The average molecular weight is 371 g/mol. The molecule has 0 saturated carbocycles. The van der Waals surface area contributed by atoms with Crippen LogP contribution in [0.4, 0.5) is 0 Å². The highest BCUT2D eigenvalue weighted by Gasteiger charge is 2.11. The quantitative estimate of drug-likeness (QED) is 0.533. The first-order valence-electron chi connectivity index (χ1n) is 8.49. The number of nitrogens with one attached hydrogen (secondary N) is 2. The van der Waals surface area contributed by atoms with Crippen molar-refractivity contribution in [1.82, 2.24) is 15.4 Å². The smallest absolute Gasteiger partial charge is 0.258 e. The number of aromatic nitrogens is 1. The van der Waals surface area contributed by atoms with Crippen LogP contribution in [0.3, 0.4) is 0 Å². The fourth-order valence-electron chi connectivity index (χ4n) is 2.26. The van der Waals surface area contributed by atoms with Crippen molar-refractivity contribution in [3.63, 3.8) is 0 Å². The van der Waals surface area contributed by atoms with Gasteiger partial charge in [-0.05, 0) is 37.3 Å². The van der Waals surface area contributed by atoms with E-state index in [1.165, 1.54) is 16.8 Å². The van der Waals surface area contributed by atoms with Crippen LogP contribution >= 0.6 is 0 Å². The summed E-state index contributed by atoms with van der Waals surface area (Å²) in [6.45, 7) is 2.19. The molecule has 1 aromatic carbocycles. The molecule has 27 heavy (non-hydrogen) atoms. The van der Waals surface area contributed by atoms with E-state index in [1.54, 1.807) is 36.4 Å². The first-order valence-corrected chi connectivity index (χ1v) is 8.49. The maximum atomic E-state index is 12.1. The van der Waals surface area contributed by atoms with Crippen molar-refractivity contribution in [3.8, 4) is 5.75 Å². The second kappa shape index (κ2) is 9.91. The van der Waals surface area contributed by atoms with Gasteiger partial charge in [0.05, 0.1) is 6.61 Å². The Bertz CT molecular complexity index is 858. The predicted octanol–water partition coefficient (Wildman–Crippen LogP) is 1.06. The molecular weight excluding hydrogens is 350 g/mol. The van der Waals surface area contributed by atoms with Gasteiger partial charge in [-0.25, -0.2) is 0 Å². The topological polar surface area (TPSA) is 106 Å². The van der Waals surface area contributed by atoms with Crippen molar-refractivity contribution in [2.24, 2.45) is 0 Å². The molecule has 8 nitrogen and oxygen atoms in total. The number of pyridine rings is 1. The maximum absolute atomic E-state index is 12.1. The van der Waals surface area contributed by atoms with Crippen LogP contribution in [0.2, 0.25) is 0 Å². The zero-order valence-electron chi connectivity index (χ0n) is 14.9. The highest BCUT2D eigenvalue weighted by molar-refractivity contribution is 5.98. The zero-order valence-corrected chi connectivity index (χ0v) is 14.9. The maximum Gasteiger partial charge on any atom is 0.258 e. The van der Waals surface area contributed by atoms with Crippen molar-refractivity contribution < 1.29 is 19.1 Å². The van der Waals surface area contributed by atoms with Crippen molar-refractivity contribution in [2.45, 2.75) is 26.3 Å². The second-order valence-corrected chi connectivity index (χ2v) is 5.64. The fourth-order valence-corrected chi connectivity index (χ4v) is 2.26. The Morgan fingerprint density at radius 1 is 0.963 bits per heavy atom. The number of ether oxygens (including phenoxy) is 1. The van der Waals surface area contributed by atoms with Gasteiger partial charge in [0.25, 0.3) is 11.5 Å². The lowest BCUT2D eigenvalue weighted by Gasteiger charge is -2.08. The third kappa shape index (κ3) is 6.43. The van der Waals surface area contributed by atoms with E-state index in [0.29, 0.717) is 17.9 Å². The van der Waals surface area contributed by atoms with Crippen LogP contribution in [0.5, 0.6) is 5.75 Å². The predicted molar refractivity (Wildman–Crippen MR) is 98.2 cm³/mol. The molecule has 0 spiro atoms. The number of benzene rings is 1. The molecule has 0 bridgehead atoms. The van der Waals surface area contributed by atoms with Gasteiger partial charge in [-0.15, -0.1) is 0 Å². The highest BCUT2D eigenvalue weighted by Crippen LogP contribution is 2.13. The van der Waals surface area contributed by atoms with Crippen molar-refractivity contribution in [2.75, 3.05) is 6.61 Å². The van der Waals surface area contributed by atoms with Gasteiger partial charge in [-0.3, -0.25) is 30.0 Å². The molecule has 8 heteroatoms. The molecule has 1 heterocycles. The molecule has 2 aromatic rings. The van der Waals surface area contributed by atoms with Crippen LogP contribution < -0.4 is 21.1 Å². The van der Waals surface area contributed by atoms with E-state index in [-0.39, 0.29) is 30.7 Å². The van der Waals surface area contributed by atoms with Crippen LogP contribution in [0.25, 0.3) is 0 Å². The average Bonchev–Trinajstić information content (AvgIpc) is 2.67. The molecule has 2 rings (SSSR count). The molecule has 0 unspecified atom stereocenters. The van der Waals surface area contributed by atoms with E-state index in [2.05, 4.69) is 10.9 Å². The third-order valence-corrected chi connectivity index (χ3v) is 3.62. The lowest BCUT2D eigenvalue weighted by atomic mass is 10.1. The van der Waals surface area contributed by atoms with Crippen LogP contribution in [0, 0.1) is 0 Å². The lowest BCUT2D eigenvalue weighted by Crippen LogP contribution is -2.44. The number of carbonyl (C=O) groups is 3. The van der Waals surface area contributed by atoms with E-state index in [0.717, 1.165) is 0 Å². The summed E-state index contributed by atoms with van der Waals surface area (Å²) in [6.07, 6.45) is 1.41. The molecule has 0 atom stereocenters. The van der Waals surface area contributed by atoms with Gasteiger partial charge < -0.3 is 9.30 Å². The Morgan fingerprint density at radius 3 is 2.33 bits per heavy atom. The summed E-state index contributed by atoms with van der Waals surface area (Å²) in [4.78, 5) is 47.1. The molecule has 0 aliphatic heterocycles. The van der Waals surface area contributed by atoms with Crippen LogP contribution in [-0.2, 0) is 16.1 Å². The summed E-state index contributed by atoms with van der Waals surface area (Å²) in [7, 11) is 0. The number of ketones is 1. The Kier molecular flexibility index (Phi) is 7.30. The van der Waals surface area contributed by atoms with Crippen LogP contribution in [0.1, 0.15) is 30.1 Å². The summed E-state index contributed by atoms with van der Waals surface area (Å²) in [5.41, 5.74) is 4.61. The second-order valence-electron chi connectivity index (χ2n) is 5.64. The lowest BCUT2D eigenvalue weighted by molar-refractivity contribution is -0.129. The number of hydrogen-bond donors (Lipinski definition) is 2. The fraction of sp³-hybridized carbons (Fsp3) is 0.263. The number of nitrogens with zero attached hydrogens (tertiary/aromatic N) is 1. The summed E-state index contributed by atoms with van der Waals surface area (Å²) in [6, 6.07) is 11.2. The molecule has 1 aromatic heterocycles. The number of rotatable bonds is 8. The van der Waals surface area contributed by atoms with E-state index in [1.807, 2.05) is 6.92 Å². The first-order chi connectivity index (χ1) is 13.0. The minimum atomic E-state index is -0.547. The Morgan fingerprint density at radius 2 is 1.67 bits per heavy atom. The van der Waals surface area contributed by atoms with Crippen molar-refractivity contribution >= 4 is 17.6 Å².